The molecule has 1 saturated heterocycles. The van der Waals surface area contributed by atoms with Crippen molar-refractivity contribution in [2.24, 2.45) is 5.73 Å². The Bertz CT molecular complexity index is 369. The Morgan fingerprint density at radius 3 is 2.29 bits per heavy atom. The average Bonchev–Trinajstić information content (AvgIpc) is 3.01. The second kappa shape index (κ2) is 9.93. The average molecular weight is 289 g/mol. The van der Waals surface area contributed by atoms with Gasteiger partial charge in [-0.1, -0.05) is 37.1 Å². The molecule has 118 valence electrons. The van der Waals surface area contributed by atoms with Crippen LogP contribution in [0.25, 0.3) is 0 Å². The van der Waals surface area contributed by atoms with Crippen molar-refractivity contribution in [3.63, 3.8) is 0 Å². The molecule has 3 N–H and O–H groups in total. The number of nitrogens with one attached hydrogen (secondary N) is 1. The number of nitrogens with zero attached hydrogens (tertiary/aromatic N) is 1. The highest BCUT2D eigenvalue weighted by atomic mass is 15.1. The minimum atomic E-state index is 0.831. The Hall–Kier alpha value is -0.900. The minimum Gasteiger partial charge on any atom is -0.330 e. The third kappa shape index (κ3) is 6.60. The molecule has 0 saturated carbocycles. The van der Waals surface area contributed by atoms with E-state index in [0.717, 1.165) is 26.2 Å². The van der Waals surface area contributed by atoms with E-state index in [2.05, 4.69) is 34.5 Å². The summed E-state index contributed by atoms with van der Waals surface area (Å²) in [6.45, 7) is 6.59. The molecule has 1 aliphatic heterocycles. The summed E-state index contributed by atoms with van der Waals surface area (Å²) in [6.07, 6.45) is 7.72. The lowest BCUT2D eigenvalue weighted by Gasteiger charge is -2.14. The van der Waals surface area contributed by atoms with E-state index in [1.54, 1.807) is 0 Å². The van der Waals surface area contributed by atoms with Crippen molar-refractivity contribution in [3.8, 4) is 0 Å². The monoisotopic (exact) mass is 289 g/mol. The van der Waals surface area contributed by atoms with Crippen molar-refractivity contribution in [2.45, 2.75) is 51.6 Å². The molecule has 3 heteroatoms. The van der Waals surface area contributed by atoms with E-state index < -0.39 is 0 Å². The zero-order valence-electron chi connectivity index (χ0n) is 13.3. The van der Waals surface area contributed by atoms with Crippen molar-refractivity contribution in [3.05, 3.63) is 35.4 Å². The van der Waals surface area contributed by atoms with Crippen LogP contribution >= 0.6 is 0 Å². The van der Waals surface area contributed by atoms with Crippen molar-refractivity contribution in [1.29, 1.82) is 0 Å². The lowest BCUT2D eigenvalue weighted by molar-refractivity contribution is 0.331. The topological polar surface area (TPSA) is 41.3 Å². The first-order chi connectivity index (χ1) is 10.4. The molecule has 0 radical (unpaired) electrons. The van der Waals surface area contributed by atoms with Crippen LogP contribution < -0.4 is 11.1 Å². The second-order valence-electron chi connectivity index (χ2n) is 6.18. The smallest absolute Gasteiger partial charge is 0.0233 e. The van der Waals surface area contributed by atoms with Gasteiger partial charge in [-0.25, -0.2) is 0 Å². The third-order valence-electron chi connectivity index (χ3n) is 4.26. The maximum absolute atomic E-state index is 5.49. The van der Waals surface area contributed by atoms with Gasteiger partial charge in [0.15, 0.2) is 0 Å². The molecule has 1 aromatic rings. The number of unbranched alkanes of at least 4 members (excludes halogenated alkanes) is 3. The van der Waals surface area contributed by atoms with Gasteiger partial charge in [-0.15, -0.1) is 0 Å². The van der Waals surface area contributed by atoms with Gasteiger partial charge in [0.25, 0.3) is 0 Å². The summed E-state index contributed by atoms with van der Waals surface area (Å²) in [5.41, 5.74) is 8.33. The molecule has 0 unspecified atom stereocenters. The number of rotatable bonds is 10. The summed E-state index contributed by atoms with van der Waals surface area (Å²) in [4.78, 5) is 2.55. The molecule has 1 heterocycles. The van der Waals surface area contributed by atoms with Crippen molar-refractivity contribution >= 4 is 0 Å². The molecule has 0 amide bonds. The molecule has 3 nitrogen and oxygen atoms in total. The van der Waals surface area contributed by atoms with Gasteiger partial charge in [0.2, 0.25) is 0 Å². The van der Waals surface area contributed by atoms with Gasteiger partial charge in [-0.05, 0) is 63.0 Å². The molecular formula is C18H31N3. The zero-order chi connectivity index (χ0) is 14.8. The normalized spacial score (nSPS) is 15.7. The fourth-order valence-electron chi connectivity index (χ4n) is 2.94. The van der Waals surface area contributed by atoms with Gasteiger partial charge in [-0.2, -0.15) is 0 Å². The Morgan fingerprint density at radius 1 is 0.905 bits per heavy atom. The predicted octanol–water partition coefficient (Wildman–Crippen LogP) is 2.89. The van der Waals surface area contributed by atoms with Gasteiger partial charge in [-0.3, -0.25) is 4.90 Å². The van der Waals surface area contributed by atoms with Gasteiger partial charge < -0.3 is 11.1 Å². The first-order valence-corrected chi connectivity index (χ1v) is 8.59. The standard InChI is InChI=1S/C18H31N3/c19-11-3-1-2-4-12-20-15-17-7-9-18(10-8-17)16-21-13-5-6-14-21/h7-10,20H,1-6,11-16,19H2. The summed E-state index contributed by atoms with van der Waals surface area (Å²) in [5.74, 6) is 0. The van der Waals surface area contributed by atoms with Gasteiger partial charge in [0.05, 0.1) is 0 Å². The molecule has 0 atom stereocenters. The largest absolute Gasteiger partial charge is 0.330 e. The minimum absolute atomic E-state index is 0.831. The molecule has 0 bridgehead atoms. The number of likely N-dealkylation sites (tertiary alicyclic amines) is 1. The molecule has 0 aliphatic carbocycles. The van der Waals surface area contributed by atoms with E-state index in [1.165, 1.54) is 62.7 Å². The summed E-state index contributed by atoms with van der Waals surface area (Å²) in [6, 6.07) is 9.12. The van der Waals surface area contributed by atoms with Crippen molar-refractivity contribution in [2.75, 3.05) is 26.2 Å². The molecule has 21 heavy (non-hydrogen) atoms. The molecule has 0 spiro atoms. The van der Waals surface area contributed by atoms with Crippen molar-refractivity contribution < 1.29 is 0 Å². The summed E-state index contributed by atoms with van der Waals surface area (Å²) in [5, 5.41) is 3.53. The Balaban J connectivity index is 1.58. The lowest BCUT2D eigenvalue weighted by atomic mass is 10.1. The second-order valence-corrected chi connectivity index (χ2v) is 6.18. The zero-order valence-corrected chi connectivity index (χ0v) is 13.3. The first kappa shape index (κ1) is 16.5. The SMILES string of the molecule is NCCCCCCNCc1ccc(CN2CCCC2)cc1. The summed E-state index contributed by atoms with van der Waals surface area (Å²) >= 11 is 0. The molecule has 1 fully saturated rings. The summed E-state index contributed by atoms with van der Waals surface area (Å²) < 4.78 is 0. The molecule has 1 aliphatic rings. The maximum Gasteiger partial charge on any atom is 0.0233 e. The van der Waals surface area contributed by atoms with E-state index in [1.807, 2.05) is 0 Å². The summed E-state index contributed by atoms with van der Waals surface area (Å²) in [7, 11) is 0. The fraction of sp³-hybridized carbons (Fsp3) is 0.667. The molecule has 2 rings (SSSR count). The van der Waals surface area contributed by atoms with E-state index in [4.69, 9.17) is 5.73 Å². The third-order valence-corrected chi connectivity index (χ3v) is 4.26. The van der Waals surface area contributed by atoms with Crippen LogP contribution in [0.15, 0.2) is 24.3 Å². The number of benzene rings is 1. The molecular weight excluding hydrogens is 258 g/mol. The van der Waals surface area contributed by atoms with E-state index in [-0.39, 0.29) is 0 Å². The molecule has 0 aromatic heterocycles. The van der Waals surface area contributed by atoms with Crippen LogP contribution in [0.5, 0.6) is 0 Å². The van der Waals surface area contributed by atoms with Crippen molar-refractivity contribution in [1.82, 2.24) is 10.2 Å². The highest BCUT2D eigenvalue weighted by molar-refractivity contribution is 5.22. The Kier molecular flexibility index (Phi) is 7.79. The Labute approximate surface area is 129 Å². The number of hydrogen-bond acceptors (Lipinski definition) is 3. The van der Waals surface area contributed by atoms with Crippen LogP contribution in [-0.4, -0.2) is 31.1 Å². The van der Waals surface area contributed by atoms with Crippen LogP contribution in [0.2, 0.25) is 0 Å². The van der Waals surface area contributed by atoms with E-state index >= 15 is 0 Å². The van der Waals surface area contributed by atoms with Gasteiger partial charge >= 0.3 is 0 Å². The van der Waals surface area contributed by atoms with E-state index in [9.17, 15) is 0 Å². The lowest BCUT2D eigenvalue weighted by Crippen LogP contribution is -2.18. The van der Waals surface area contributed by atoms with Crippen LogP contribution in [0.4, 0.5) is 0 Å². The fourth-order valence-corrected chi connectivity index (χ4v) is 2.94. The van der Waals surface area contributed by atoms with Gasteiger partial charge in [0.1, 0.15) is 0 Å². The van der Waals surface area contributed by atoms with E-state index in [0.29, 0.717) is 0 Å². The highest BCUT2D eigenvalue weighted by Gasteiger charge is 2.11. The predicted molar refractivity (Wildman–Crippen MR) is 90.2 cm³/mol. The number of hydrogen-bond donors (Lipinski definition) is 2. The van der Waals surface area contributed by atoms with Gasteiger partial charge in [0, 0.05) is 13.1 Å². The maximum atomic E-state index is 5.49. The van der Waals surface area contributed by atoms with Crippen LogP contribution in [0, 0.1) is 0 Å². The highest BCUT2D eigenvalue weighted by Crippen LogP contribution is 2.13. The van der Waals surface area contributed by atoms with Crippen LogP contribution in [0.1, 0.15) is 49.7 Å². The van der Waals surface area contributed by atoms with Crippen LogP contribution in [0.3, 0.4) is 0 Å². The number of nitrogens with two attached hydrogens (primary N) is 1. The quantitative estimate of drug-likeness (QED) is 0.651. The first-order valence-electron chi connectivity index (χ1n) is 8.59. The van der Waals surface area contributed by atoms with Crippen LogP contribution in [-0.2, 0) is 13.1 Å². The Morgan fingerprint density at radius 2 is 1.57 bits per heavy atom. The molecule has 1 aromatic carbocycles.